The van der Waals surface area contributed by atoms with Crippen LogP contribution in [-0.4, -0.2) is 35.2 Å². The molecule has 0 aliphatic heterocycles. The van der Waals surface area contributed by atoms with Gasteiger partial charge >= 0.3 is 11.9 Å². The van der Waals surface area contributed by atoms with Crippen molar-refractivity contribution < 1.29 is 24.2 Å². The van der Waals surface area contributed by atoms with Gasteiger partial charge in [-0.05, 0) is 18.2 Å². The van der Waals surface area contributed by atoms with Crippen LogP contribution in [0.4, 0.5) is 10.1 Å². The number of rotatable bonds is 5. The van der Waals surface area contributed by atoms with Gasteiger partial charge in [-0.25, -0.2) is 4.39 Å². The topological polar surface area (TPSA) is 102 Å². The molecule has 1 aromatic rings. The van der Waals surface area contributed by atoms with Gasteiger partial charge in [-0.1, -0.05) is 0 Å². The number of anilines is 1. The number of benzene rings is 1. The summed E-state index contributed by atoms with van der Waals surface area (Å²) in [6.45, 7) is -1.29. The highest BCUT2D eigenvalue weighted by atomic mass is 19.1. The zero-order valence-corrected chi connectivity index (χ0v) is 9.13. The van der Waals surface area contributed by atoms with Crippen molar-refractivity contribution in [2.75, 3.05) is 18.0 Å². The van der Waals surface area contributed by atoms with E-state index in [9.17, 15) is 14.0 Å². The molecule has 1 rings (SSSR count). The van der Waals surface area contributed by atoms with Gasteiger partial charge < -0.3 is 15.1 Å². The Morgan fingerprint density at radius 3 is 2.22 bits per heavy atom. The number of aliphatic carboxylic acids is 2. The summed E-state index contributed by atoms with van der Waals surface area (Å²) in [5, 5.41) is 25.8. The lowest BCUT2D eigenvalue weighted by atomic mass is 10.2. The Balaban J connectivity index is 3.08. The highest BCUT2D eigenvalue weighted by molar-refractivity contribution is 5.79. The molecule has 2 N–H and O–H groups in total. The molecule has 0 saturated heterocycles. The van der Waals surface area contributed by atoms with Gasteiger partial charge in [-0.3, -0.25) is 9.59 Å². The van der Waals surface area contributed by atoms with Gasteiger partial charge in [0.2, 0.25) is 0 Å². The van der Waals surface area contributed by atoms with Gasteiger partial charge in [0.05, 0.1) is 17.3 Å². The number of halogens is 1. The van der Waals surface area contributed by atoms with Gasteiger partial charge in [0.1, 0.15) is 18.9 Å². The third-order valence-electron chi connectivity index (χ3n) is 2.07. The molecule has 0 atom stereocenters. The van der Waals surface area contributed by atoms with Gasteiger partial charge in [0.15, 0.2) is 0 Å². The van der Waals surface area contributed by atoms with Gasteiger partial charge in [0, 0.05) is 0 Å². The minimum Gasteiger partial charge on any atom is -0.480 e. The van der Waals surface area contributed by atoms with E-state index in [0.717, 1.165) is 11.0 Å². The van der Waals surface area contributed by atoms with Crippen molar-refractivity contribution in [3.63, 3.8) is 0 Å². The Morgan fingerprint density at radius 1 is 1.28 bits per heavy atom. The maximum Gasteiger partial charge on any atom is 0.323 e. The van der Waals surface area contributed by atoms with Gasteiger partial charge in [-0.2, -0.15) is 5.26 Å². The molecule has 0 unspecified atom stereocenters. The van der Waals surface area contributed by atoms with E-state index in [1.54, 1.807) is 6.07 Å². The summed E-state index contributed by atoms with van der Waals surface area (Å²) in [5.41, 5.74) is -0.0966. The monoisotopic (exact) mass is 252 g/mol. The second-order valence-corrected chi connectivity index (χ2v) is 3.42. The quantitative estimate of drug-likeness (QED) is 0.798. The van der Waals surface area contributed by atoms with Crippen LogP contribution in [-0.2, 0) is 9.59 Å². The summed E-state index contributed by atoms with van der Waals surface area (Å²) in [6.07, 6.45) is 0. The molecule has 0 aromatic heterocycles. The summed E-state index contributed by atoms with van der Waals surface area (Å²) in [4.78, 5) is 22.0. The molecule has 0 spiro atoms. The second kappa shape index (κ2) is 5.63. The number of carboxylic acids is 2. The molecule has 0 fully saturated rings. The molecule has 1 aromatic carbocycles. The van der Waals surface area contributed by atoms with Crippen molar-refractivity contribution in [1.82, 2.24) is 0 Å². The number of hydrogen-bond donors (Lipinski definition) is 2. The Bertz CT molecular complexity index is 508. The van der Waals surface area contributed by atoms with E-state index in [1.807, 2.05) is 0 Å². The maximum absolute atomic E-state index is 13.6. The largest absolute Gasteiger partial charge is 0.480 e. The van der Waals surface area contributed by atoms with Crippen LogP contribution in [0, 0.1) is 17.1 Å². The predicted octanol–water partition coefficient (Wildman–Crippen LogP) is 0.673. The summed E-state index contributed by atoms with van der Waals surface area (Å²) in [5.74, 6) is -3.39. The molecule has 0 radical (unpaired) electrons. The first-order valence-electron chi connectivity index (χ1n) is 4.82. The van der Waals surface area contributed by atoms with Crippen molar-refractivity contribution in [3.05, 3.63) is 29.6 Å². The lowest BCUT2D eigenvalue weighted by molar-refractivity contribution is -0.136. The molecular formula is C11H9FN2O4. The normalized spacial score (nSPS) is 9.56. The first kappa shape index (κ1) is 13.4. The number of nitrogens with zero attached hydrogens (tertiary/aromatic N) is 2. The van der Waals surface area contributed by atoms with E-state index in [4.69, 9.17) is 15.5 Å². The number of carbonyl (C=O) groups is 2. The van der Waals surface area contributed by atoms with Crippen molar-refractivity contribution in [3.8, 4) is 6.07 Å². The van der Waals surface area contributed by atoms with Gasteiger partial charge in [0.25, 0.3) is 0 Å². The smallest absolute Gasteiger partial charge is 0.323 e. The summed E-state index contributed by atoms with van der Waals surface area (Å²) in [6, 6.07) is 5.11. The minimum absolute atomic E-state index is 0.0712. The highest BCUT2D eigenvalue weighted by Crippen LogP contribution is 2.20. The Labute approximate surface area is 101 Å². The Morgan fingerprint density at radius 2 is 1.83 bits per heavy atom. The first-order valence-corrected chi connectivity index (χ1v) is 4.82. The second-order valence-electron chi connectivity index (χ2n) is 3.42. The molecule has 0 aliphatic rings. The van der Waals surface area contributed by atoms with E-state index >= 15 is 0 Å². The SMILES string of the molecule is N#Cc1ccc(N(CC(=O)O)CC(=O)O)c(F)c1. The third-order valence-corrected chi connectivity index (χ3v) is 2.07. The molecule has 18 heavy (non-hydrogen) atoms. The summed E-state index contributed by atoms with van der Waals surface area (Å²) < 4.78 is 13.6. The van der Waals surface area contributed by atoms with Crippen LogP contribution in [0.3, 0.4) is 0 Å². The molecule has 0 aliphatic carbocycles. The fraction of sp³-hybridized carbons (Fsp3) is 0.182. The highest BCUT2D eigenvalue weighted by Gasteiger charge is 2.17. The molecule has 7 heteroatoms. The van der Waals surface area contributed by atoms with E-state index < -0.39 is 30.8 Å². The average molecular weight is 252 g/mol. The molecule has 0 bridgehead atoms. The standard InChI is InChI=1S/C11H9FN2O4/c12-8-3-7(4-13)1-2-9(8)14(5-10(15)16)6-11(17)18/h1-3H,5-6H2,(H,15,16)(H,17,18). The molecular weight excluding hydrogens is 243 g/mol. The Kier molecular flexibility index (Phi) is 4.21. The fourth-order valence-electron chi connectivity index (χ4n) is 1.39. The van der Waals surface area contributed by atoms with Crippen LogP contribution in [0.1, 0.15) is 5.56 Å². The average Bonchev–Trinajstić information content (AvgIpc) is 2.26. The van der Waals surface area contributed by atoms with E-state index in [-0.39, 0.29) is 11.3 Å². The van der Waals surface area contributed by atoms with Crippen molar-refractivity contribution in [1.29, 1.82) is 5.26 Å². The Hall–Kier alpha value is -2.62. The lowest BCUT2D eigenvalue weighted by Gasteiger charge is -2.21. The van der Waals surface area contributed by atoms with Crippen molar-refractivity contribution in [2.24, 2.45) is 0 Å². The zero-order chi connectivity index (χ0) is 13.7. The van der Waals surface area contributed by atoms with E-state index in [1.165, 1.54) is 12.1 Å². The van der Waals surface area contributed by atoms with E-state index in [2.05, 4.69) is 0 Å². The van der Waals surface area contributed by atoms with E-state index in [0.29, 0.717) is 0 Å². The van der Waals surface area contributed by atoms with Crippen LogP contribution in [0.5, 0.6) is 0 Å². The molecule has 0 amide bonds. The van der Waals surface area contributed by atoms with Crippen molar-refractivity contribution >= 4 is 17.6 Å². The van der Waals surface area contributed by atoms with Crippen molar-refractivity contribution in [2.45, 2.75) is 0 Å². The van der Waals surface area contributed by atoms with Crippen LogP contribution in [0.15, 0.2) is 18.2 Å². The number of nitriles is 1. The van der Waals surface area contributed by atoms with Crippen LogP contribution < -0.4 is 4.90 Å². The maximum atomic E-state index is 13.6. The van der Waals surface area contributed by atoms with Crippen LogP contribution >= 0.6 is 0 Å². The minimum atomic E-state index is -1.28. The number of carboxylic acid groups (broad SMARTS) is 2. The zero-order valence-electron chi connectivity index (χ0n) is 9.13. The summed E-state index contributed by atoms with van der Waals surface area (Å²) in [7, 11) is 0. The predicted molar refractivity (Wildman–Crippen MR) is 58.6 cm³/mol. The van der Waals surface area contributed by atoms with Crippen LogP contribution in [0.25, 0.3) is 0 Å². The first-order chi connectivity index (χ1) is 8.43. The third kappa shape index (κ3) is 3.45. The summed E-state index contributed by atoms with van der Waals surface area (Å²) >= 11 is 0. The molecule has 94 valence electrons. The number of hydrogen-bond acceptors (Lipinski definition) is 4. The molecule has 6 nitrogen and oxygen atoms in total. The molecule has 0 saturated carbocycles. The molecule has 0 heterocycles. The van der Waals surface area contributed by atoms with Gasteiger partial charge in [-0.15, -0.1) is 0 Å². The lowest BCUT2D eigenvalue weighted by Crippen LogP contribution is -2.35. The fourth-order valence-corrected chi connectivity index (χ4v) is 1.39. The van der Waals surface area contributed by atoms with Crippen LogP contribution in [0.2, 0.25) is 0 Å².